The Labute approximate surface area is 303 Å². The van der Waals surface area contributed by atoms with Crippen molar-refractivity contribution in [1.29, 1.82) is 0 Å². The fourth-order valence-corrected chi connectivity index (χ4v) is 7.94. The quantitative estimate of drug-likeness (QED) is 0.176. The van der Waals surface area contributed by atoms with Gasteiger partial charge in [0, 0.05) is 21.9 Å². The van der Waals surface area contributed by atoms with Crippen LogP contribution in [0.25, 0.3) is 10.8 Å². The van der Waals surface area contributed by atoms with Crippen LogP contribution in [0.4, 0.5) is 22.7 Å². The molecule has 0 spiro atoms. The molecule has 7 aromatic carbocycles. The first-order valence-corrected chi connectivity index (χ1v) is 17.1. The smallest absolute Gasteiger partial charge is 0.265 e. The molecule has 246 valence electrons. The van der Waals surface area contributed by atoms with Crippen molar-refractivity contribution in [3.63, 3.8) is 0 Å². The highest BCUT2D eigenvalue weighted by molar-refractivity contribution is 6.36. The summed E-state index contributed by atoms with van der Waals surface area (Å²) < 4.78 is 35.4. The molecule has 4 heteroatoms. The molecule has 0 atom stereocenters. The van der Waals surface area contributed by atoms with Gasteiger partial charge in [0.15, 0.2) is 0 Å². The number of carbonyl (C=O) groups is 2. The summed E-state index contributed by atoms with van der Waals surface area (Å²) in [5.74, 6) is -1.40. The average molecular weight is 665 g/mol. The van der Waals surface area contributed by atoms with Crippen LogP contribution in [0.15, 0.2) is 164 Å². The lowest BCUT2D eigenvalue weighted by Gasteiger charge is -2.46. The Balaban J connectivity index is 1.28. The van der Waals surface area contributed by atoms with E-state index >= 15 is 0 Å². The first-order chi connectivity index (χ1) is 26.5. The maximum absolute atomic E-state index is 14.5. The SMILES string of the molecule is [2H]c1c([2H])c(C(C)(C)C)c([2H])c([2H])c1N1C(=O)c2cccc3c(N4c5ccccc5C(c5ccccc5)(c5ccccc5)c5ccccc54)ccc(c23)C1=O. The van der Waals surface area contributed by atoms with Crippen LogP contribution in [-0.2, 0) is 10.8 Å². The molecule has 4 nitrogen and oxygen atoms in total. The van der Waals surface area contributed by atoms with E-state index in [9.17, 15) is 9.59 Å². The number of fused-ring (bicyclic) bond motifs is 2. The molecule has 0 unspecified atom stereocenters. The van der Waals surface area contributed by atoms with Crippen molar-refractivity contribution in [1.82, 2.24) is 0 Å². The summed E-state index contributed by atoms with van der Waals surface area (Å²) in [6.07, 6.45) is 0. The molecule has 9 rings (SSSR count). The second kappa shape index (κ2) is 11.4. The minimum absolute atomic E-state index is 0.223. The van der Waals surface area contributed by atoms with Crippen LogP contribution >= 0.6 is 0 Å². The molecule has 0 radical (unpaired) electrons. The average Bonchev–Trinajstić information content (AvgIpc) is 3.19. The number of para-hydroxylation sites is 2. The molecular formula is C47H36N2O2. The number of rotatable bonds is 4. The van der Waals surface area contributed by atoms with Gasteiger partial charge in [-0.1, -0.05) is 142 Å². The molecule has 2 amide bonds. The van der Waals surface area contributed by atoms with E-state index in [1.165, 1.54) is 0 Å². The maximum Gasteiger partial charge on any atom is 0.265 e. The number of benzene rings is 7. The molecule has 7 aromatic rings. The lowest BCUT2D eigenvalue weighted by Crippen LogP contribution is -2.40. The van der Waals surface area contributed by atoms with Crippen molar-refractivity contribution in [2.24, 2.45) is 0 Å². The highest BCUT2D eigenvalue weighted by Crippen LogP contribution is 2.58. The molecule has 2 heterocycles. The normalized spacial score (nSPS) is 15.8. The van der Waals surface area contributed by atoms with Crippen LogP contribution < -0.4 is 9.80 Å². The Hall–Kier alpha value is -6.26. The van der Waals surface area contributed by atoms with Crippen molar-refractivity contribution in [2.75, 3.05) is 9.80 Å². The summed E-state index contributed by atoms with van der Waals surface area (Å²) in [6, 6.07) is 45.4. The third kappa shape index (κ3) is 4.46. The number of anilines is 4. The van der Waals surface area contributed by atoms with Gasteiger partial charge < -0.3 is 4.90 Å². The van der Waals surface area contributed by atoms with Gasteiger partial charge >= 0.3 is 0 Å². The number of nitrogens with zero attached hydrogens (tertiary/aromatic N) is 2. The van der Waals surface area contributed by atoms with Crippen LogP contribution in [0.2, 0.25) is 0 Å². The fraction of sp³-hybridized carbons (Fsp3) is 0.106. The third-order valence-corrected chi connectivity index (χ3v) is 10.2. The van der Waals surface area contributed by atoms with Crippen molar-refractivity contribution in [3.8, 4) is 0 Å². The minimum atomic E-state index is -0.698. The summed E-state index contributed by atoms with van der Waals surface area (Å²) in [4.78, 5) is 32.1. The van der Waals surface area contributed by atoms with Gasteiger partial charge in [0.2, 0.25) is 0 Å². The van der Waals surface area contributed by atoms with Crippen molar-refractivity contribution < 1.29 is 15.1 Å². The second-order valence-corrected chi connectivity index (χ2v) is 14.1. The molecule has 0 aromatic heterocycles. The van der Waals surface area contributed by atoms with Gasteiger partial charge in [0.25, 0.3) is 11.8 Å². The van der Waals surface area contributed by atoms with Gasteiger partial charge in [0.05, 0.1) is 33.6 Å². The summed E-state index contributed by atoms with van der Waals surface area (Å²) in [6.45, 7) is 5.43. The maximum atomic E-state index is 14.5. The molecule has 2 aliphatic heterocycles. The van der Waals surface area contributed by atoms with Crippen LogP contribution in [0, 0.1) is 0 Å². The lowest BCUT2D eigenvalue weighted by molar-refractivity contribution is 0.0893. The van der Waals surface area contributed by atoms with E-state index in [2.05, 4.69) is 89.8 Å². The topological polar surface area (TPSA) is 40.6 Å². The van der Waals surface area contributed by atoms with E-state index in [0.717, 1.165) is 44.2 Å². The Morgan fingerprint density at radius 3 is 1.57 bits per heavy atom. The van der Waals surface area contributed by atoms with Crippen LogP contribution in [0.1, 0.15) is 74.8 Å². The molecular weight excluding hydrogens is 625 g/mol. The number of hydrogen-bond donors (Lipinski definition) is 0. The van der Waals surface area contributed by atoms with E-state index in [1.54, 1.807) is 18.2 Å². The van der Waals surface area contributed by atoms with Gasteiger partial charge in [-0.3, -0.25) is 9.59 Å². The van der Waals surface area contributed by atoms with Gasteiger partial charge in [0.1, 0.15) is 0 Å². The zero-order chi connectivity index (χ0) is 38.4. The van der Waals surface area contributed by atoms with Crippen LogP contribution in [0.3, 0.4) is 0 Å². The standard InChI is InChI=1S/C47H36N2O2/c1-46(2,3)31-25-27-34(28-26-31)48-44(50)36-20-14-19-35-40(30-29-37(43(35)36)45(48)51)49-41-23-12-10-21-38(41)47(32-15-6-4-7-16-32,33-17-8-5-9-18-33)39-22-11-13-24-42(39)49/h4-30H,1-3H3/i25D,26D,27D,28D. The lowest BCUT2D eigenvalue weighted by atomic mass is 9.62. The molecule has 2 aliphatic rings. The van der Waals surface area contributed by atoms with Crippen LogP contribution in [-0.4, -0.2) is 11.8 Å². The minimum Gasteiger partial charge on any atom is -0.309 e. The van der Waals surface area contributed by atoms with E-state index in [-0.39, 0.29) is 34.5 Å². The highest BCUT2D eigenvalue weighted by atomic mass is 16.2. The fourth-order valence-electron chi connectivity index (χ4n) is 7.94. The van der Waals surface area contributed by atoms with E-state index in [4.69, 9.17) is 5.48 Å². The van der Waals surface area contributed by atoms with Gasteiger partial charge in [-0.05, 0) is 75.6 Å². The van der Waals surface area contributed by atoms with Gasteiger partial charge in [-0.15, -0.1) is 0 Å². The number of hydrogen-bond acceptors (Lipinski definition) is 3. The Morgan fingerprint density at radius 2 is 1.02 bits per heavy atom. The van der Waals surface area contributed by atoms with Crippen molar-refractivity contribution in [3.05, 3.63) is 203 Å². The zero-order valence-corrected chi connectivity index (χ0v) is 28.5. The summed E-state index contributed by atoms with van der Waals surface area (Å²) >= 11 is 0. The largest absolute Gasteiger partial charge is 0.309 e. The molecule has 51 heavy (non-hydrogen) atoms. The molecule has 0 bridgehead atoms. The number of imide groups is 1. The molecule has 0 N–H and O–H groups in total. The molecule has 0 aliphatic carbocycles. The Bertz CT molecular complexity index is 2600. The van der Waals surface area contributed by atoms with E-state index in [0.29, 0.717) is 10.8 Å². The first kappa shape index (κ1) is 26.6. The predicted molar refractivity (Wildman–Crippen MR) is 207 cm³/mol. The molecule has 0 fully saturated rings. The van der Waals surface area contributed by atoms with Crippen molar-refractivity contribution in [2.45, 2.75) is 31.6 Å². The van der Waals surface area contributed by atoms with E-state index in [1.807, 2.05) is 57.2 Å². The summed E-state index contributed by atoms with van der Waals surface area (Å²) in [7, 11) is 0. The molecule has 0 saturated heterocycles. The van der Waals surface area contributed by atoms with Crippen LogP contribution in [0.5, 0.6) is 0 Å². The number of amides is 2. The second-order valence-electron chi connectivity index (χ2n) is 14.1. The van der Waals surface area contributed by atoms with Gasteiger partial charge in [-0.2, -0.15) is 0 Å². The van der Waals surface area contributed by atoms with E-state index < -0.39 is 34.7 Å². The monoisotopic (exact) mass is 664 g/mol. The Kier molecular flexibility index (Phi) is 5.94. The first-order valence-electron chi connectivity index (χ1n) is 19.1. The predicted octanol–water partition coefficient (Wildman–Crippen LogP) is 11.1. The highest BCUT2D eigenvalue weighted by Gasteiger charge is 2.46. The van der Waals surface area contributed by atoms with Crippen molar-refractivity contribution >= 4 is 45.3 Å². The summed E-state index contributed by atoms with van der Waals surface area (Å²) in [5, 5.41) is 1.17. The summed E-state index contributed by atoms with van der Waals surface area (Å²) in [5.41, 5.74) is 6.08. The van der Waals surface area contributed by atoms with Gasteiger partial charge in [-0.25, -0.2) is 4.90 Å². The Morgan fingerprint density at radius 1 is 0.510 bits per heavy atom. The molecule has 0 saturated carbocycles. The zero-order valence-electron chi connectivity index (χ0n) is 32.5. The number of carbonyl (C=O) groups excluding carboxylic acids is 2. The third-order valence-electron chi connectivity index (χ3n) is 10.2.